The first-order valence-corrected chi connectivity index (χ1v) is 6.23. The van der Waals surface area contributed by atoms with E-state index in [0.717, 1.165) is 22.2 Å². The number of aliphatic hydroxyl groups excluding tert-OH is 2. The van der Waals surface area contributed by atoms with Gasteiger partial charge in [-0.25, -0.2) is 0 Å². The second-order valence-electron chi connectivity index (χ2n) is 4.59. The van der Waals surface area contributed by atoms with Crippen LogP contribution in [0, 0.1) is 6.92 Å². The Morgan fingerprint density at radius 2 is 2.16 bits per heavy atom. The normalized spacial score (nSPS) is 12.6. The molecule has 0 bridgehead atoms. The van der Waals surface area contributed by atoms with Gasteiger partial charge in [-0.1, -0.05) is 18.2 Å². The monoisotopic (exact) mass is 262 g/mol. The lowest BCUT2D eigenvalue weighted by Crippen LogP contribution is -2.34. The molecule has 0 spiro atoms. The number of aliphatic hydroxyl groups is 2. The van der Waals surface area contributed by atoms with Crippen LogP contribution in [0.4, 0.5) is 0 Å². The van der Waals surface area contributed by atoms with Crippen molar-refractivity contribution in [1.29, 1.82) is 0 Å². The van der Waals surface area contributed by atoms with E-state index >= 15 is 0 Å². The first kappa shape index (κ1) is 13.6. The Bertz CT molecular complexity index is 577. The zero-order chi connectivity index (χ0) is 13.8. The summed E-state index contributed by atoms with van der Waals surface area (Å²) < 4.78 is 0. The van der Waals surface area contributed by atoms with Gasteiger partial charge in [0.25, 0.3) is 0 Å². The Kier molecular flexibility index (Phi) is 4.19. The van der Waals surface area contributed by atoms with E-state index in [1.807, 2.05) is 31.2 Å². The minimum absolute atomic E-state index is 0.0662. The molecule has 0 saturated heterocycles. The van der Waals surface area contributed by atoms with Crippen molar-refractivity contribution in [2.75, 3.05) is 13.2 Å². The molecule has 0 fully saturated rings. The van der Waals surface area contributed by atoms with Crippen LogP contribution in [0.3, 0.4) is 0 Å². The van der Waals surface area contributed by atoms with Gasteiger partial charge in [-0.2, -0.15) is 0 Å². The molecule has 1 heterocycles. The summed E-state index contributed by atoms with van der Waals surface area (Å²) in [6, 6.07) is 7.83. The lowest BCUT2D eigenvalue weighted by Gasteiger charge is -2.09. The van der Waals surface area contributed by atoms with E-state index in [0.29, 0.717) is 0 Å². The number of aryl methyl sites for hydroxylation is 1. The summed E-state index contributed by atoms with van der Waals surface area (Å²) in [5.41, 5.74) is 2.95. The van der Waals surface area contributed by atoms with Crippen LogP contribution in [0.5, 0.6) is 0 Å². The molecule has 4 N–H and O–H groups in total. The fraction of sp³-hybridized carbons (Fsp3) is 0.357. The second kappa shape index (κ2) is 5.86. The van der Waals surface area contributed by atoms with Crippen LogP contribution in [-0.4, -0.2) is 40.4 Å². The molecule has 0 aliphatic heterocycles. The number of hydrogen-bond donors (Lipinski definition) is 4. The highest BCUT2D eigenvalue weighted by Crippen LogP contribution is 2.22. The van der Waals surface area contributed by atoms with Crippen molar-refractivity contribution in [3.8, 4) is 0 Å². The lowest BCUT2D eigenvalue weighted by atomic mass is 10.1. The van der Waals surface area contributed by atoms with Crippen molar-refractivity contribution in [2.24, 2.45) is 0 Å². The maximum Gasteiger partial charge on any atom is 0.224 e. The quantitative estimate of drug-likeness (QED) is 0.632. The number of para-hydroxylation sites is 1. The third kappa shape index (κ3) is 3.13. The van der Waals surface area contributed by atoms with Crippen LogP contribution < -0.4 is 5.32 Å². The third-order valence-corrected chi connectivity index (χ3v) is 3.11. The molecule has 5 heteroatoms. The summed E-state index contributed by atoms with van der Waals surface area (Å²) in [5, 5.41) is 21.5. The molecule has 1 unspecified atom stereocenters. The summed E-state index contributed by atoms with van der Waals surface area (Å²) in [7, 11) is 0. The molecule has 0 aliphatic carbocycles. The highest BCUT2D eigenvalue weighted by atomic mass is 16.3. The van der Waals surface area contributed by atoms with Gasteiger partial charge >= 0.3 is 0 Å². The molecule has 2 rings (SSSR count). The molecule has 1 atom stereocenters. The van der Waals surface area contributed by atoms with Crippen LogP contribution in [0.15, 0.2) is 24.3 Å². The minimum atomic E-state index is -0.909. The number of amides is 1. The van der Waals surface area contributed by atoms with E-state index in [-0.39, 0.29) is 25.5 Å². The smallest absolute Gasteiger partial charge is 0.224 e. The molecule has 19 heavy (non-hydrogen) atoms. The van der Waals surface area contributed by atoms with Crippen molar-refractivity contribution in [3.05, 3.63) is 35.5 Å². The van der Waals surface area contributed by atoms with E-state index in [4.69, 9.17) is 5.11 Å². The number of fused-ring (bicyclic) bond motifs is 1. The molecule has 0 aliphatic rings. The first-order valence-electron chi connectivity index (χ1n) is 6.23. The summed E-state index contributed by atoms with van der Waals surface area (Å²) in [5.74, 6) is -0.166. The fourth-order valence-corrected chi connectivity index (χ4v) is 2.08. The van der Waals surface area contributed by atoms with Gasteiger partial charge in [-0.3, -0.25) is 4.79 Å². The Morgan fingerprint density at radius 1 is 1.42 bits per heavy atom. The van der Waals surface area contributed by atoms with Crippen molar-refractivity contribution in [3.63, 3.8) is 0 Å². The summed E-state index contributed by atoms with van der Waals surface area (Å²) in [4.78, 5) is 15.0. The van der Waals surface area contributed by atoms with Gasteiger partial charge in [-0.15, -0.1) is 0 Å². The molecule has 102 valence electrons. The molecular formula is C14H18N2O3. The Labute approximate surface area is 111 Å². The molecule has 0 saturated carbocycles. The number of aromatic amines is 1. The van der Waals surface area contributed by atoms with E-state index in [9.17, 15) is 9.90 Å². The van der Waals surface area contributed by atoms with Gasteiger partial charge < -0.3 is 20.5 Å². The minimum Gasteiger partial charge on any atom is -0.394 e. The van der Waals surface area contributed by atoms with Crippen LogP contribution in [0.1, 0.15) is 11.3 Å². The molecule has 1 aromatic heterocycles. The van der Waals surface area contributed by atoms with Crippen LogP contribution >= 0.6 is 0 Å². The number of hydrogen-bond acceptors (Lipinski definition) is 3. The number of carbonyl (C=O) groups excluding carboxylic acids is 1. The van der Waals surface area contributed by atoms with Crippen molar-refractivity contribution < 1.29 is 15.0 Å². The topological polar surface area (TPSA) is 85.4 Å². The Morgan fingerprint density at radius 3 is 2.89 bits per heavy atom. The van der Waals surface area contributed by atoms with Gasteiger partial charge in [0.05, 0.1) is 19.1 Å². The number of aromatic nitrogens is 1. The van der Waals surface area contributed by atoms with Crippen molar-refractivity contribution >= 4 is 16.8 Å². The average molecular weight is 262 g/mol. The first-order chi connectivity index (χ1) is 9.11. The Balaban J connectivity index is 2.08. The van der Waals surface area contributed by atoms with E-state index in [1.165, 1.54) is 0 Å². The number of rotatable bonds is 5. The fourth-order valence-electron chi connectivity index (χ4n) is 2.08. The van der Waals surface area contributed by atoms with Gasteiger partial charge in [0.15, 0.2) is 0 Å². The van der Waals surface area contributed by atoms with Gasteiger partial charge in [0.2, 0.25) is 5.91 Å². The predicted octanol–water partition coefficient (Wildman–Crippen LogP) is 0.488. The number of H-pyrrole nitrogens is 1. The standard InChI is InChI=1S/C14H18N2O3/c1-9-12(6-14(19)15-7-10(18)8-17)11-4-2-3-5-13(11)16-9/h2-5,10,16-18H,6-8H2,1H3,(H,15,19). The van der Waals surface area contributed by atoms with E-state index in [1.54, 1.807) is 0 Å². The summed E-state index contributed by atoms with van der Waals surface area (Å²) in [6.07, 6.45) is -0.651. The third-order valence-electron chi connectivity index (χ3n) is 3.11. The second-order valence-corrected chi connectivity index (χ2v) is 4.59. The SMILES string of the molecule is Cc1[nH]c2ccccc2c1CC(=O)NCC(O)CO. The average Bonchev–Trinajstić information content (AvgIpc) is 2.72. The van der Waals surface area contributed by atoms with Crippen LogP contribution in [-0.2, 0) is 11.2 Å². The maximum atomic E-state index is 11.8. The molecule has 1 amide bonds. The highest BCUT2D eigenvalue weighted by Gasteiger charge is 2.12. The number of carbonyl (C=O) groups is 1. The zero-order valence-corrected chi connectivity index (χ0v) is 10.8. The molecule has 0 radical (unpaired) electrons. The van der Waals surface area contributed by atoms with Crippen LogP contribution in [0.2, 0.25) is 0 Å². The molecule has 1 aromatic carbocycles. The van der Waals surface area contributed by atoms with Crippen LogP contribution in [0.25, 0.3) is 10.9 Å². The largest absolute Gasteiger partial charge is 0.394 e. The van der Waals surface area contributed by atoms with Gasteiger partial charge in [0, 0.05) is 23.1 Å². The van der Waals surface area contributed by atoms with Crippen molar-refractivity contribution in [1.82, 2.24) is 10.3 Å². The number of benzene rings is 1. The van der Waals surface area contributed by atoms with E-state index < -0.39 is 6.10 Å². The van der Waals surface area contributed by atoms with E-state index in [2.05, 4.69) is 10.3 Å². The number of nitrogens with one attached hydrogen (secondary N) is 2. The maximum absolute atomic E-state index is 11.8. The zero-order valence-electron chi connectivity index (χ0n) is 10.8. The Hall–Kier alpha value is -1.85. The molecular weight excluding hydrogens is 244 g/mol. The van der Waals surface area contributed by atoms with Gasteiger partial charge in [0.1, 0.15) is 0 Å². The predicted molar refractivity (Wildman–Crippen MR) is 72.8 cm³/mol. The molecule has 2 aromatic rings. The summed E-state index contributed by atoms with van der Waals surface area (Å²) in [6.45, 7) is 1.65. The lowest BCUT2D eigenvalue weighted by molar-refractivity contribution is -0.121. The summed E-state index contributed by atoms with van der Waals surface area (Å²) >= 11 is 0. The highest BCUT2D eigenvalue weighted by molar-refractivity contribution is 5.90. The van der Waals surface area contributed by atoms with Crippen molar-refractivity contribution in [2.45, 2.75) is 19.4 Å². The molecule has 5 nitrogen and oxygen atoms in total. The van der Waals surface area contributed by atoms with Gasteiger partial charge in [-0.05, 0) is 18.6 Å².